The highest BCUT2D eigenvalue weighted by molar-refractivity contribution is 5.96. The predicted octanol–water partition coefficient (Wildman–Crippen LogP) is 1.65. The van der Waals surface area contributed by atoms with Crippen LogP contribution in [0.5, 0.6) is 0 Å². The molecule has 6 heteroatoms. The maximum Gasteiger partial charge on any atom is 0.254 e. The van der Waals surface area contributed by atoms with Gasteiger partial charge in [-0.2, -0.15) is 0 Å². The van der Waals surface area contributed by atoms with Gasteiger partial charge in [0.2, 0.25) is 0 Å². The highest BCUT2D eigenvalue weighted by atomic mass is 19.1. The molecule has 0 aromatic heterocycles. The van der Waals surface area contributed by atoms with Crippen molar-refractivity contribution in [2.24, 2.45) is 0 Å². The van der Waals surface area contributed by atoms with Crippen molar-refractivity contribution < 1.29 is 13.9 Å². The number of benzene rings is 1. The highest BCUT2D eigenvalue weighted by Gasteiger charge is 2.27. The molecule has 1 aromatic carbocycles. The van der Waals surface area contributed by atoms with E-state index in [4.69, 9.17) is 4.74 Å². The Kier molecular flexibility index (Phi) is 6.04. The van der Waals surface area contributed by atoms with Crippen LogP contribution in [0.4, 0.5) is 4.39 Å². The van der Waals surface area contributed by atoms with Gasteiger partial charge in [0.15, 0.2) is 0 Å². The second kappa shape index (κ2) is 8.25. The smallest absolute Gasteiger partial charge is 0.254 e. The van der Waals surface area contributed by atoms with Crippen LogP contribution in [-0.4, -0.2) is 68.7 Å². The van der Waals surface area contributed by atoms with Gasteiger partial charge in [0.1, 0.15) is 5.82 Å². The van der Waals surface area contributed by atoms with Crippen molar-refractivity contribution in [2.45, 2.75) is 31.9 Å². The number of amides is 1. The van der Waals surface area contributed by atoms with Crippen molar-refractivity contribution in [3.63, 3.8) is 0 Å². The summed E-state index contributed by atoms with van der Waals surface area (Å²) in [5.74, 6) is -0.412. The molecule has 5 nitrogen and oxygen atoms in total. The van der Waals surface area contributed by atoms with E-state index in [1.807, 2.05) is 19.0 Å². The van der Waals surface area contributed by atoms with Gasteiger partial charge in [-0.15, -0.1) is 0 Å². The van der Waals surface area contributed by atoms with E-state index < -0.39 is 0 Å². The standard InChI is InChI=1S/C19H28FN3O2/c1-22(2)7-8-23(13-16-4-3-9-25-16)19(24)18-11-15(20)10-14-12-21-6-5-17(14)18/h10-11,16,21H,3-9,12-13H2,1-2H3. The third kappa shape index (κ3) is 4.57. The van der Waals surface area contributed by atoms with Gasteiger partial charge >= 0.3 is 0 Å². The van der Waals surface area contributed by atoms with Gasteiger partial charge in [-0.05, 0) is 63.2 Å². The molecule has 1 saturated heterocycles. The molecule has 0 radical (unpaired) electrons. The van der Waals surface area contributed by atoms with Crippen LogP contribution in [0.2, 0.25) is 0 Å². The van der Waals surface area contributed by atoms with Crippen molar-refractivity contribution in [3.05, 3.63) is 34.6 Å². The van der Waals surface area contributed by atoms with Crippen LogP contribution in [0, 0.1) is 5.82 Å². The first-order valence-corrected chi connectivity index (χ1v) is 9.12. The maximum atomic E-state index is 14.1. The number of nitrogens with zero attached hydrogens (tertiary/aromatic N) is 2. The lowest BCUT2D eigenvalue weighted by Gasteiger charge is -2.29. The number of hydrogen-bond donors (Lipinski definition) is 1. The zero-order chi connectivity index (χ0) is 17.8. The average Bonchev–Trinajstić information content (AvgIpc) is 3.10. The average molecular weight is 349 g/mol. The molecule has 0 aliphatic carbocycles. The Labute approximate surface area is 149 Å². The van der Waals surface area contributed by atoms with Crippen LogP contribution >= 0.6 is 0 Å². The monoisotopic (exact) mass is 349 g/mol. The van der Waals surface area contributed by atoms with Crippen LogP contribution < -0.4 is 5.32 Å². The van der Waals surface area contributed by atoms with Crippen molar-refractivity contribution in [1.82, 2.24) is 15.1 Å². The Morgan fingerprint density at radius 3 is 2.92 bits per heavy atom. The number of carbonyl (C=O) groups is 1. The maximum absolute atomic E-state index is 14.1. The molecule has 1 atom stereocenters. The molecule has 2 aliphatic heterocycles. The molecule has 0 spiro atoms. The molecule has 1 unspecified atom stereocenters. The summed E-state index contributed by atoms with van der Waals surface area (Å²) in [6.07, 6.45) is 2.88. The summed E-state index contributed by atoms with van der Waals surface area (Å²) in [5, 5.41) is 3.24. The molecule has 3 rings (SSSR count). The normalized spacial score (nSPS) is 19.9. The molecule has 1 N–H and O–H groups in total. The van der Waals surface area contributed by atoms with E-state index in [0.717, 1.165) is 50.1 Å². The van der Waals surface area contributed by atoms with Gasteiger partial charge in [-0.1, -0.05) is 0 Å². The molecule has 0 saturated carbocycles. The predicted molar refractivity (Wildman–Crippen MR) is 95.2 cm³/mol. The van der Waals surface area contributed by atoms with Gasteiger partial charge in [-0.25, -0.2) is 4.39 Å². The van der Waals surface area contributed by atoms with Crippen LogP contribution in [0.1, 0.15) is 34.3 Å². The zero-order valence-electron chi connectivity index (χ0n) is 15.2. The number of likely N-dealkylation sites (N-methyl/N-ethyl adjacent to an activating group) is 1. The second-order valence-corrected chi connectivity index (χ2v) is 7.21. The van der Waals surface area contributed by atoms with Gasteiger partial charge in [0.25, 0.3) is 5.91 Å². The van der Waals surface area contributed by atoms with E-state index in [9.17, 15) is 9.18 Å². The molecular formula is C19H28FN3O2. The molecule has 1 fully saturated rings. The van der Waals surface area contributed by atoms with Crippen LogP contribution in [0.25, 0.3) is 0 Å². The summed E-state index contributed by atoms with van der Waals surface area (Å²) in [6, 6.07) is 2.95. The van der Waals surface area contributed by atoms with Crippen LogP contribution in [-0.2, 0) is 17.7 Å². The summed E-state index contributed by atoms with van der Waals surface area (Å²) in [7, 11) is 3.98. The summed E-state index contributed by atoms with van der Waals surface area (Å²) >= 11 is 0. The third-order valence-corrected chi connectivity index (χ3v) is 4.96. The van der Waals surface area contributed by atoms with E-state index in [1.54, 1.807) is 6.07 Å². The number of hydrogen-bond acceptors (Lipinski definition) is 4. The minimum atomic E-state index is -0.338. The lowest BCUT2D eigenvalue weighted by molar-refractivity contribution is 0.0510. The zero-order valence-corrected chi connectivity index (χ0v) is 15.2. The first-order valence-electron chi connectivity index (χ1n) is 9.12. The van der Waals surface area contributed by atoms with Crippen molar-refractivity contribution in [3.8, 4) is 0 Å². The van der Waals surface area contributed by atoms with Gasteiger partial charge in [0.05, 0.1) is 6.10 Å². The van der Waals surface area contributed by atoms with E-state index in [0.29, 0.717) is 25.2 Å². The first-order chi connectivity index (χ1) is 12.0. The van der Waals surface area contributed by atoms with Gasteiger partial charge in [0, 0.05) is 38.3 Å². The molecule has 2 aliphatic rings. The Morgan fingerprint density at radius 1 is 1.36 bits per heavy atom. The second-order valence-electron chi connectivity index (χ2n) is 7.21. The minimum Gasteiger partial charge on any atom is -0.376 e. The SMILES string of the molecule is CN(C)CCN(CC1CCCO1)C(=O)c1cc(F)cc2c1CCNC2. The Bertz CT molecular complexity index is 615. The molecule has 25 heavy (non-hydrogen) atoms. The molecule has 1 amide bonds. The topological polar surface area (TPSA) is 44.8 Å². The van der Waals surface area contributed by atoms with Crippen LogP contribution in [0.15, 0.2) is 12.1 Å². The van der Waals surface area contributed by atoms with E-state index in [2.05, 4.69) is 10.2 Å². The molecule has 2 heterocycles. The largest absolute Gasteiger partial charge is 0.376 e. The fourth-order valence-electron chi connectivity index (χ4n) is 3.57. The lowest BCUT2D eigenvalue weighted by Crippen LogP contribution is -2.42. The summed E-state index contributed by atoms with van der Waals surface area (Å²) in [4.78, 5) is 17.1. The van der Waals surface area contributed by atoms with Crippen molar-refractivity contribution in [1.29, 1.82) is 0 Å². The highest BCUT2D eigenvalue weighted by Crippen LogP contribution is 2.23. The molecular weight excluding hydrogens is 321 g/mol. The Hall–Kier alpha value is -1.50. The van der Waals surface area contributed by atoms with Gasteiger partial charge in [-0.3, -0.25) is 4.79 Å². The third-order valence-electron chi connectivity index (χ3n) is 4.96. The molecule has 0 bridgehead atoms. The number of ether oxygens (including phenoxy) is 1. The Balaban J connectivity index is 1.84. The van der Waals surface area contributed by atoms with E-state index in [1.165, 1.54) is 6.07 Å². The first kappa shape index (κ1) is 18.3. The Morgan fingerprint density at radius 2 is 2.20 bits per heavy atom. The number of halogens is 1. The molecule has 1 aromatic rings. The quantitative estimate of drug-likeness (QED) is 0.848. The lowest BCUT2D eigenvalue weighted by atomic mass is 9.94. The van der Waals surface area contributed by atoms with Crippen LogP contribution in [0.3, 0.4) is 0 Å². The van der Waals surface area contributed by atoms with Gasteiger partial charge < -0.3 is 19.9 Å². The number of carbonyl (C=O) groups excluding carboxylic acids is 1. The number of nitrogens with one attached hydrogen (secondary N) is 1. The number of fused-ring (bicyclic) bond motifs is 1. The minimum absolute atomic E-state index is 0.0741. The molecule has 138 valence electrons. The van der Waals surface area contributed by atoms with E-state index >= 15 is 0 Å². The number of rotatable bonds is 6. The van der Waals surface area contributed by atoms with Crippen molar-refractivity contribution >= 4 is 5.91 Å². The fourth-order valence-corrected chi connectivity index (χ4v) is 3.57. The summed E-state index contributed by atoms with van der Waals surface area (Å²) in [6.45, 7) is 4.18. The fraction of sp³-hybridized carbons (Fsp3) is 0.632. The summed E-state index contributed by atoms with van der Waals surface area (Å²) in [5.41, 5.74) is 2.42. The summed E-state index contributed by atoms with van der Waals surface area (Å²) < 4.78 is 19.8. The van der Waals surface area contributed by atoms with E-state index in [-0.39, 0.29) is 17.8 Å². The van der Waals surface area contributed by atoms with Crippen molar-refractivity contribution in [2.75, 3.05) is 46.9 Å².